The molecule has 2 rings (SSSR count). The van der Waals surface area contributed by atoms with Gasteiger partial charge in [-0.15, -0.1) is 0 Å². The Balaban J connectivity index is 2.06. The van der Waals surface area contributed by atoms with Crippen LogP contribution in [0, 0.1) is 17.7 Å². The first kappa shape index (κ1) is 12.8. The smallest absolute Gasteiger partial charge is 0.124 e. The van der Waals surface area contributed by atoms with Gasteiger partial charge in [-0.2, -0.15) is 0 Å². The highest BCUT2D eigenvalue weighted by atomic mass is 35.5. The molecule has 17 heavy (non-hydrogen) atoms. The Morgan fingerprint density at radius 3 is 2.76 bits per heavy atom. The van der Waals surface area contributed by atoms with Crippen LogP contribution in [0.4, 0.5) is 4.39 Å². The van der Waals surface area contributed by atoms with Crippen LogP contribution in [0.2, 0.25) is 5.02 Å². The number of halogens is 2. The maximum Gasteiger partial charge on any atom is 0.124 e. The van der Waals surface area contributed by atoms with Crippen molar-refractivity contribution in [1.82, 2.24) is 5.32 Å². The second-order valence-electron chi connectivity index (χ2n) is 5.03. The van der Waals surface area contributed by atoms with Gasteiger partial charge < -0.3 is 5.32 Å². The van der Waals surface area contributed by atoms with E-state index in [1.807, 2.05) is 13.1 Å². The molecule has 0 amide bonds. The van der Waals surface area contributed by atoms with Gasteiger partial charge in [0, 0.05) is 11.1 Å². The molecule has 1 aromatic carbocycles. The minimum absolute atomic E-state index is 0.258. The van der Waals surface area contributed by atoms with Gasteiger partial charge in [-0.1, -0.05) is 24.6 Å². The van der Waals surface area contributed by atoms with Crippen molar-refractivity contribution in [3.05, 3.63) is 34.6 Å². The highest BCUT2D eigenvalue weighted by Gasteiger charge is 2.31. The molecule has 3 unspecified atom stereocenters. The maximum atomic E-state index is 13.0. The van der Waals surface area contributed by atoms with Gasteiger partial charge in [0.15, 0.2) is 0 Å². The van der Waals surface area contributed by atoms with E-state index in [0.717, 1.165) is 12.0 Å². The third kappa shape index (κ3) is 2.80. The zero-order valence-corrected chi connectivity index (χ0v) is 11.1. The topological polar surface area (TPSA) is 12.0 Å². The second-order valence-corrected chi connectivity index (χ2v) is 5.44. The normalized spacial score (nSPS) is 28.6. The van der Waals surface area contributed by atoms with Gasteiger partial charge in [0.2, 0.25) is 0 Å². The molecule has 3 atom stereocenters. The molecule has 1 saturated carbocycles. The summed E-state index contributed by atoms with van der Waals surface area (Å²) in [5.41, 5.74) is 1.07. The Labute approximate surface area is 107 Å². The molecule has 0 spiro atoms. The molecule has 0 aliphatic heterocycles. The fourth-order valence-corrected chi connectivity index (χ4v) is 3.16. The zero-order valence-electron chi connectivity index (χ0n) is 10.3. The van der Waals surface area contributed by atoms with E-state index in [-0.39, 0.29) is 5.82 Å². The lowest BCUT2D eigenvalue weighted by Gasteiger charge is -2.20. The minimum Gasteiger partial charge on any atom is -0.317 e. The lowest BCUT2D eigenvalue weighted by molar-refractivity contribution is 0.364. The van der Waals surface area contributed by atoms with Gasteiger partial charge in [0.05, 0.1) is 0 Å². The van der Waals surface area contributed by atoms with Crippen LogP contribution in [0.1, 0.15) is 25.3 Å². The highest BCUT2D eigenvalue weighted by molar-refractivity contribution is 6.31. The number of benzene rings is 1. The molecule has 94 valence electrons. The van der Waals surface area contributed by atoms with E-state index in [0.29, 0.717) is 22.9 Å². The summed E-state index contributed by atoms with van der Waals surface area (Å²) in [6.45, 7) is 2.29. The Morgan fingerprint density at radius 2 is 2.18 bits per heavy atom. The molecule has 3 heteroatoms. The van der Waals surface area contributed by atoms with Crippen LogP contribution in [0.15, 0.2) is 18.2 Å². The van der Waals surface area contributed by atoms with Gasteiger partial charge in [-0.05, 0) is 55.8 Å². The summed E-state index contributed by atoms with van der Waals surface area (Å²) < 4.78 is 13.0. The third-order valence-corrected chi connectivity index (χ3v) is 4.45. The van der Waals surface area contributed by atoms with E-state index in [2.05, 4.69) is 12.2 Å². The molecule has 1 aliphatic carbocycles. The van der Waals surface area contributed by atoms with Crippen molar-refractivity contribution in [3.8, 4) is 0 Å². The number of rotatable bonds is 3. The quantitative estimate of drug-likeness (QED) is 0.869. The van der Waals surface area contributed by atoms with Gasteiger partial charge in [-0.25, -0.2) is 4.39 Å². The first-order chi connectivity index (χ1) is 8.11. The molecule has 1 N–H and O–H groups in total. The van der Waals surface area contributed by atoms with Crippen LogP contribution in [0.25, 0.3) is 0 Å². The summed E-state index contributed by atoms with van der Waals surface area (Å²) in [4.78, 5) is 0. The molecule has 1 aliphatic rings. The van der Waals surface area contributed by atoms with E-state index in [1.54, 1.807) is 0 Å². The molecule has 0 radical (unpaired) electrons. The second kappa shape index (κ2) is 5.36. The van der Waals surface area contributed by atoms with E-state index in [1.165, 1.54) is 25.0 Å². The summed E-state index contributed by atoms with van der Waals surface area (Å²) in [6, 6.07) is 5.33. The maximum absolute atomic E-state index is 13.0. The Bertz CT molecular complexity index is 394. The van der Waals surface area contributed by atoms with Crippen LogP contribution < -0.4 is 5.32 Å². The molecule has 1 fully saturated rings. The molecule has 0 bridgehead atoms. The van der Waals surface area contributed by atoms with Gasteiger partial charge >= 0.3 is 0 Å². The summed E-state index contributed by atoms with van der Waals surface area (Å²) >= 11 is 6.07. The van der Waals surface area contributed by atoms with Crippen LogP contribution in [0.3, 0.4) is 0 Å². The molecule has 0 aromatic heterocycles. The van der Waals surface area contributed by atoms with Crippen LogP contribution in [-0.4, -0.2) is 13.1 Å². The lowest BCUT2D eigenvalue weighted by atomic mass is 9.89. The average molecular weight is 256 g/mol. The predicted octanol–water partition coefficient (Wildman–Crippen LogP) is 3.66. The van der Waals surface area contributed by atoms with Crippen molar-refractivity contribution in [2.75, 3.05) is 7.05 Å². The lowest BCUT2D eigenvalue weighted by Crippen LogP contribution is -2.29. The summed E-state index contributed by atoms with van der Waals surface area (Å²) in [5, 5.41) is 3.92. The molecular formula is C14H19ClFN. The molecular weight excluding hydrogens is 237 g/mol. The minimum atomic E-state index is -0.258. The molecule has 1 aromatic rings. The van der Waals surface area contributed by atoms with E-state index < -0.39 is 0 Å². The highest BCUT2D eigenvalue weighted by Crippen LogP contribution is 2.35. The number of nitrogens with one attached hydrogen (secondary N) is 1. The predicted molar refractivity (Wildman–Crippen MR) is 69.8 cm³/mol. The number of hydrogen-bond acceptors (Lipinski definition) is 1. The number of hydrogen-bond donors (Lipinski definition) is 1. The van der Waals surface area contributed by atoms with Gasteiger partial charge in [-0.3, -0.25) is 0 Å². The first-order valence-corrected chi connectivity index (χ1v) is 6.60. The van der Waals surface area contributed by atoms with Crippen molar-refractivity contribution in [1.29, 1.82) is 0 Å². The van der Waals surface area contributed by atoms with Gasteiger partial charge in [0.25, 0.3) is 0 Å². The SMILES string of the molecule is CNC1CCC(Cc2ccc(F)cc2Cl)C1C. The van der Waals surface area contributed by atoms with Crippen LogP contribution >= 0.6 is 11.6 Å². The largest absolute Gasteiger partial charge is 0.317 e. The average Bonchev–Trinajstić information content (AvgIpc) is 2.64. The van der Waals surface area contributed by atoms with Crippen molar-refractivity contribution in [3.63, 3.8) is 0 Å². The molecule has 1 nitrogen and oxygen atoms in total. The Kier molecular flexibility index (Phi) is 4.05. The fraction of sp³-hybridized carbons (Fsp3) is 0.571. The van der Waals surface area contributed by atoms with Crippen molar-refractivity contribution in [2.45, 2.75) is 32.2 Å². The van der Waals surface area contributed by atoms with E-state index in [9.17, 15) is 4.39 Å². The zero-order chi connectivity index (χ0) is 12.4. The monoisotopic (exact) mass is 255 g/mol. The summed E-state index contributed by atoms with van der Waals surface area (Å²) in [6.07, 6.45) is 3.40. The van der Waals surface area contributed by atoms with Crippen molar-refractivity contribution < 1.29 is 4.39 Å². The Hall–Kier alpha value is -0.600. The van der Waals surface area contributed by atoms with Crippen molar-refractivity contribution in [2.24, 2.45) is 11.8 Å². The summed E-state index contributed by atoms with van der Waals surface area (Å²) in [5.74, 6) is 1.04. The standard InChI is InChI=1S/C14H19ClFN/c1-9-10(4-6-14(9)17-2)7-11-3-5-12(16)8-13(11)15/h3,5,8-10,14,17H,4,6-7H2,1-2H3. The van der Waals surface area contributed by atoms with Crippen LogP contribution in [0.5, 0.6) is 0 Å². The first-order valence-electron chi connectivity index (χ1n) is 6.23. The third-order valence-electron chi connectivity index (χ3n) is 4.09. The molecule has 0 heterocycles. The van der Waals surface area contributed by atoms with Crippen LogP contribution in [-0.2, 0) is 6.42 Å². The van der Waals surface area contributed by atoms with E-state index >= 15 is 0 Å². The van der Waals surface area contributed by atoms with E-state index in [4.69, 9.17) is 11.6 Å². The van der Waals surface area contributed by atoms with Crippen molar-refractivity contribution >= 4 is 11.6 Å². The van der Waals surface area contributed by atoms with Gasteiger partial charge in [0.1, 0.15) is 5.82 Å². The summed E-state index contributed by atoms with van der Waals surface area (Å²) in [7, 11) is 2.02. The fourth-order valence-electron chi connectivity index (χ4n) is 2.91. The Morgan fingerprint density at radius 1 is 1.41 bits per heavy atom. The molecule has 0 saturated heterocycles.